The molecular formula is C14H18N4O. The maximum absolute atomic E-state index is 9.30. The second kappa shape index (κ2) is 5.32. The van der Waals surface area contributed by atoms with E-state index in [9.17, 15) is 5.11 Å². The zero-order valence-corrected chi connectivity index (χ0v) is 11.4. The van der Waals surface area contributed by atoms with E-state index in [0.29, 0.717) is 11.6 Å². The molecule has 5 nitrogen and oxygen atoms in total. The topological polar surface area (TPSA) is 70.9 Å². The molecule has 0 atom stereocenters. The number of rotatable bonds is 4. The van der Waals surface area contributed by atoms with Crippen LogP contribution in [0, 0.1) is 6.92 Å². The van der Waals surface area contributed by atoms with Crippen molar-refractivity contribution >= 4 is 5.82 Å². The lowest BCUT2D eigenvalue weighted by atomic mass is 10.1. The fourth-order valence-electron chi connectivity index (χ4n) is 1.64. The smallest absolute Gasteiger partial charge is 0.163 e. The third-order valence-electron chi connectivity index (χ3n) is 2.64. The van der Waals surface area contributed by atoms with Crippen LogP contribution in [-0.2, 0) is 0 Å². The van der Waals surface area contributed by atoms with Gasteiger partial charge in [0.2, 0.25) is 0 Å². The van der Waals surface area contributed by atoms with Gasteiger partial charge in [0.15, 0.2) is 5.82 Å². The van der Waals surface area contributed by atoms with E-state index in [1.54, 1.807) is 12.4 Å². The van der Waals surface area contributed by atoms with E-state index in [2.05, 4.69) is 20.3 Å². The molecule has 0 spiro atoms. The molecule has 0 aromatic carbocycles. The molecule has 100 valence electrons. The second-order valence-electron chi connectivity index (χ2n) is 5.13. The summed E-state index contributed by atoms with van der Waals surface area (Å²) in [6, 6.07) is 5.63. The Kier molecular flexibility index (Phi) is 3.76. The Hall–Kier alpha value is -2.01. The van der Waals surface area contributed by atoms with E-state index in [-0.39, 0.29) is 6.61 Å². The molecule has 0 saturated carbocycles. The third kappa shape index (κ3) is 3.48. The van der Waals surface area contributed by atoms with E-state index in [4.69, 9.17) is 0 Å². The van der Waals surface area contributed by atoms with Crippen LogP contribution in [0.15, 0.2) is 30.6 Å². The Morgan fingerprint density at radius 2 is 2.11 bits per heavy atom. The summed E-state index contributed by atoms with van der Waals surface area (Å²) in [7, 11) is 0. The van der Waals surface area contributed by atoms with Crippen molar-refractivity contribution in [1.82, 2.24) is 15.0 Å². The summed E-state index contributed by atoms with van der Waals surface area (Å²) in [5.41, 5.74) is 1.31. The highest BCUT2D eigenvalue weighted by atomic mass is 16.3. The molecule has 0 bridgehead atoms. The van der Waals surface area contributed by atoms with Gasteiger partial charge < -0.3 is 10.4 Å². The molecule has 0 unspecified atom stereocenters. The average molecular weight is 258 g/mol. The quantitative estimate of drug-likeness (QED) is 0.878. The molecule has 2 aromatic heterocycles. The molecule has 2 aromatic rings. The van der Waals surface area contributed by atoms with Gasteiger partial charge in [-0.3, -0.25) is 4.98 Å². The number of aliphatic hydroxyl groups is 1. The summed E-state index contributed by atoms with van der Waals surface area (Å²) in [6.45, 7) is 5.76. The second-order valence-corrected chi connectivity index (χ2v) is 5.13. The number of aromatic nitrogens is 3. The van der Waals surface area contributed by atoms with Crippen molar-refractivity contribution in [3.63, 3.8) is 0 Å². The fraction of sp³-hybridized carbons (Fsp3) is 0.357. The van der Waals surface area contributed by atoms with Crippen LogP contribution in [0.4, 0.5) is 5.82 Å². The van der Waals surface area contributed by atoms with Crippen LogP contribution in [0.3, 0.4) is 0 Å². The first-order chi connectivity index (χ1) is 9.00. The zero-order valence-electron chi connectivity index (χ0n) is 11.4. The predicted octanol–water partition coefficient (Wildman–Crippen LogP) is 2.03. The summed E-state index contributed by atoms with van der Waals surface area (Å²) in [4.78, 5) is 12.9. The molecule has 0 aliphatic carbocycles. The van der Waals surface area contributed by atoms with E-state index < -0.39 is 5.54 Å². The van der Waals surface area contributed by atoms with Crippen molar-refractivity contribution in [3.8, 4) is 11.4 Å². The van der Waals surface area contributed by atoms with Crippen LogP contribution in [0.1, 0.15) is 19.5 Å². The average Bonchev–Trinajstić information content (AvgIpc) is 2.38. The maximum Gasteiger partial charge on any atom is 0.163 e. The third-order valence-corrected chi connectivity index (χ3v) is 2.64. The summed E-state index contributed by atoms with van der Waals surface area (Å²) >= 11 is 0. The number of hydrogen-bond acceptors (Lipinski definition) is 5. The highest BCUT2D eigenvalue weighted by Crippen LogP contribution is 2.19. The molecule has 2 rings (SSSR count). The maximum atomic E-state index is 9.30. The molecule has 0 aliphatic heterocycles. The minimum Gasteiger partial charge on any atom is -0.394 e. The van der Waals surface area contributed by atoms with Gasteiger partial charge in [0.05, 0.1) is 12.1 Å². The van der Waals surface area contributed by atoms with Gasteiger partial charge in [-0.05, 0) is 32.9 Å². The van der Waals surface area contributed by atoms with Gasteiger partial charge in [-0.2, -0.15) is 0 Å². The lowest BCUT2D eigenvalue weighted by Gasteiger charge is -2.24. The Morgan fingerprint density at radius 1 is 1.32 bits per heavy atom. The van der Waals surface area contributed by atoms with E-state index in [1.165, 1.54) is 0 Å². The first kappa shape index (κ1) is 13.4. The summed E-state index contributed by atoms with van der Waals surface area (Å²) in [6.07, 6.45) is 3.45. The van der Waals surface area contributed by atoms with E-state index in [0.717, 1.165) is 11.3 Å². The van der Waals surface area contributed by atoms with Gasteiger partial charge in [-0.1, -0.05) is 0 Å². The van der Waals surface area contributed by atoms with Crippen LogP contribution in [0.25, 0.3) is 11.4 Å². The SMILES string of the molecule is Cc1cc(NC(C)(C)CO)nc(-c2cccnc2)n1. The Labute approximate surface area is 112 Å². The van der Waals surface area contributed by atoms with Crippen LogP contribution in [0.5, 0.6) is 0 Å². The first-order valence-corrected chi connectivity index (χ1v) is 6.15. The minimum atomic E-state index is -0.424. The van der Waals surface area contributed by atoms with Gasteiger partial charge >= 0.3 is 0 Å². The fourth-order valence-corrected chi connectivity index (χ4v) is 1.64. The van der Waals surface area contributed by atoms with Gasteiger partial charge in [-0.15, -0.1) is 0 Å². The number of aryl methyl sites for hydroxylation is 1. The first-order valence-electron chi connectivity index (χ1n) is 6.15. The zero-order chi connectivity index (χ0) is 13.9. The molecule has 0 saturated heterocycles. The largest absolute Gasteiger partial charge is 0.394 e. The Bertz CT molecular complexity index is 555. The number of anilines is 1. The number of aliphatic hydroxyl groups excluding tert-OH is 1. The van der Waals surface area contributed by atoms with Gasteiger partial charge in [-0.25, -0.2) is 9.97 Å². The molecule has 2 heterocycles. The molecule has 0 fully saturated rings. The summed E-state index contributed by atoms with van der Waals surface area (Å²) in [5, 5.41) is 12.5. The lowest BCUT2D eigenvalue weighted by Crippen LogP contribution is -2.35. The lowest BCUT2D eigenvalue weighted by molar-refractivity contribution is 0.234. The van der Waals surface area contributed by atoms with E-state index in [1.807, 2.05) is 39.0 Å². The van der Waals surface area contributed by atoms with Crippen molar-refractivity contribution < 1.29 is 5.11 Å². The summed E-state index contributed by atoms with van der Waals surface area (Å²) in [5.74, 6) is 1.33. The monoisotopic (exact) mass is 258 g/mol. The Morgan fingerprint density at radius 3 is 2.74 bits per heavy atom. The van der Waals surface area contributed by atoms with Gasteiger partial charge in [0, 0.05) is 29.7 Å². The molecule has 0 radical (unpaired) electrons. The van der Waals surface area contributed by atoms with Gasteiger partial charge in [0.25, 0.3) is 0 Å². The number of hydrogen-bond donors (Lipinski definition) is 2. The normalized spacial score (nSPS) is 11.4. The van der Waals surface area contributed by atoms with Crippen LogP contribution >= 0.6 is 0 Å². The standard InChI is InChI=1S/C14H18N4O/c1-10-7-12(18-14(2,3)9-19)17-13(16-10)11-5-4-6-15-8-11/h4-8,19H,9H2,1-3H3,(H,16,17,18). The number of nitrogens with one attached hydrogen (secondary N) is 1. The van der Waals surface area contributed by atoms with Crippen LogP contribution in [-0.4, -0.2) is 32.2 Å². The Balaban J connectivity index is 2.35. The van der Waals surface area contributed by atoms with Gasteiger partial charge in [0.1, 0.15) is 5.82 Å². The van der Waals surface area contributed by atoms with Crippen molar-refractivity contribution in [2.24, 2.45) is 0 Å². The van der Waals surface area contributed by atoms with Crippen LogP contribution < -0.4 is 5.32 Å². The van der Waals surface area contributed by atoms with Crippen molar-refractivity contribution in [3.05, 3.63) is 36.3 Å². The van der Waals surface area contributed by atoms with Crippen molar-refractivity contribution in [2.75, 3.05) is 11.9 Å². The molecule has 2 N–H and O–H groups in total. The van der Waals surface area contributed by atoms with Crippen LogP contribution in [0.2, 0.25) is 0 Å². The van der Waals surface area contributed by atoms with E-state index >= 15 is 0 Å². The van der Waals surface area contributed by atoms with Crippen molar-refractivity contribution in [1.29, 1.82) is 0 Å². The molecule has 0 amide bonds. The number of pyridine rings is 1. The molecule has 19 heavy (non-hydrogen) atoms. The minimum absolute atomic E-state index is 0.0261. The summed E-state index contributed by atoms with van der Waals surface area (Å²) < 4.78 is 0. The molecule has 5 heteroatoms. The predicted molar refractivity (Wildman–Crippen MR) is 74.8 cm³/mol. The van der Waals surface area contributed by atoms with Crippen molar-refractivity contribution in [2.45, 2.75) is 26.3 Å². The highest BCUT2D eigenvalue weighted by molar-refractivity contribution is 5.56. The highest BCUT2D eigenvalue weighted by Gasteiger charge is 2.17. The molecular weight excluding hydrogens is 240 g/mol. The number of nitrogens with zero attached hydrogens (tertiary/aromatic N) is 3. The molecule has 0 aliphatic rings.